The van der Waals surface area contributed by atoms with Crippen LogP contribution in [0.4, 0.5) is 22.0 Å². The number of hydrazine groups is 1. The van der Waals surface area contributed by atoms with Crippen LogP contribution in [0.2, 0.25) is 0 Å². The van der Waals surface area contributed by atoms with Gasteiger partial charge < -0.3 is 0 Å². The summed E-state index contributed by atoms with van der Waals surface area (Å²) in [6, 6.07) is 2.50. The highest BCUT2D eigenvalue weighted by molar-refractivity contribution is 5.35. The molecule has 0 aliphatic rings. The summed E-state index contributed by atoms with van der Waals surface area (Å²) in [5, 5.41) is 0. The Morgan fingerprint density at radius 2 is 1.50 bits per heavy atom. The smallest absolute Gasteiger partial charge is 0.163 e. The quantitative estimate of drug-likeness (QED) is 0.518. The van der Waals surface area contributed by atoms with Crippen LogP contribution < -0.4 is 11.3 Å². The van der Waals surface area contributed by atoms with E-state index in [0.717, 1.165) is 18.2 Å². The largest absolute Gasteiger partial charge is 0.271 e. The van der Waals surface area contributed by atoms with Gasteiger partial charge in [-0.2, -0.15) is 0 Å². The first-order chi connectivity index (χ1) is 9.45. The van der Waals surface area contributed by atoms with E-state index in [2.05, 4.69) is 0 Å². The summed E-state index contributed by atoms with van der Waals surface area (Å²) in [5.41, 5.74) is 0.907. The summed E-state index contributed by atoms with van der Waals surface area (Å²) in [4.78, 5) is 0. The molecule has 2 aromatic rings. The third-order valence-corrected chi connectivity index (χ3v) is 2.79. The van der Waals surface area contributed by atoms with Crippen molar-refractivity contribution in [2.24, 2.45) is 5.84 Å². The van der Waals surface area contributed by atoms with E-state index >= 15 is 0 Å². The van der Waals surface area contributed by atoms with Crippen LogP contribution in [0.1, 0.15) is 17.2 Å². The van der Waals surface area contributed by atoms with E-state index in [4.69, 9.17) is 5.84 Å². The van der Waals surface area contributed by atoms with Crippen molar-refractivity contribution in [1.29, 1.82) is 0 Å². The molecule has 106 valence electrons. The van der Waals surface area contributed by atoms with Gasteiger partial charge in [0.05, 0.1) is 6.04 Å². The highest BCUT2D eigenvalue weighted by atomic mass is 19.2. The summed E-state index contributed by atoms with van der Waals surface area (Å²) >= 11 is 0. The molecule has 0 spiro atoms. The van der Waals surface area contributed by atoms with Gasteiger partial charge >= 0.3 is 0 Å². The van der Waals surface area contributed by atoms with Crippen molar-refractivity contribution in [3.05, 3.63) is 70.5 Å². The zero-order valence-corrected chi connectivity index (χ0v) is 9.93. The maximum absolute atomic E-state index is 13.7. The molecule has 2 aromatic carbocycles. The molecule has 1 unspecified atom stereocenters. The molecule has 1 atom stereocenters. The lowest BCUT2D eigenvalue weighted by molar-refractivity contribution is 0.460. The zero-order chi connectivity index (χ0) is 14.9. The Balaban J connectivity index is 2.62. The SMILES string of the molecule is NNC(c1cccc(F)c1F)c1c(F)cc(F)cc1F. The van der Waals surface area contributed by atoms with Crippen molar-refractivity contribution in [3.8, 4) is 0 Å². The molecule has 7 heteroatoms. The van der Waals surface area contributed by atoms with Gasteiger partial charge in [0.2, 0.25) is 0 Å². The van der Waals surface area contributed by atoms with E-state index in [-0.39, 0.29) is 0 Å². The average molecular weight is 288 g/mol. The first-order valence-corrected chi connectivity index (χ1v) is 5.50. The van der Waals surface area contributed by atoms with Gasteiger partial charge in [0, 0.05) is 23.3 Å². The summed E-state index contributed by atoms with van der Waals surface area (Å²) < 4.78 is 67.0. The Kier molecular flexibility index (Phi) is 4.01. The van der Waals surface area contributed by atoms with Crippen molar-refractivity contribution in [2.75, 3.05) is 0 Å². The molecule has 20 heavy (non-hydrogen) atoms. The molecular weight excluding hydrogens is 279 g/mol. The predicted molar refractivity (Wildman–Crippen MR) is 61.8 cm³/mol. The third-order valence-electron chi connectivity index (χ3n) is 2.79. The van der Waals surface area contributed by atoms with Crippen LogP contribution >= 0.6 is 0 Å². The topological polar surface area (TPSA) is 38.0 Å². The lowest BCUT2D eigenvalue weighted by Crippen LogP contribution is -2.31. The first-order valence-electron chi connectivity index (χ1n) is 5.50. The number of halogens is 5. The molecule has 0 heterocycles. The van der Waals surface area contributed by atoms with Crippen LogP contribution in [0.25, 0.3) is 0 Å². The summed E-state index contributed by atoms with van der Waals surface area (Å²) in [6.45, 7) is 0. The molecule has 0 aliphatic heterocycles. The lowest BCUT2D eigenvalue weighted by Gasteiger charge is -2.19. The Hall–Kier alpha value is -1.99. The second-order valence-corrected chi connectivity index (χ2v) is 4.03. The highest BCUT2D eigenvalue weighted by Gasteiger charge is 2.25. The molecule has 3 N–H and O–H groups in total. The van der Waals surface area contributed by atoms with E-state index < -0.39 is 46.3 Å². The number of benzene rings is 2. The second kappa shape index (κ2) is 5.56. The van der Waals surface area contributed by atoms with Crippen LogP contribution in [0, 0.1) is 29.1 Å². The van der Waals surface area contributed by atoms with Gasteiger partial charge in [0.15, 0.2) is 11.6 Å². The fourth-order valence-electron chi connectivity index (χ4n) is 1.90. The minimum absolute atomic E-state index is 0.392. The first kappa shape index (κ1) is 14.4. The van der Waals surface area contributed by atoms with Crippen molar-refractivity contribution in [3.63, 3.8) is 0 Å². The molecule has 0 fully saturated rings. The van der Waals surface area contributed by atoms with Gasteiger partial charge in [0.1, 0.15) is 17.5 Å². The zero-order valence-electron chi connectivity index (χ0n) is 9.93. The number of hydrogen-bond donors (Lipinski definition) is 2. The molecule has 0 saturated heterocycles. The average Bonchev–Trinajstić information content (AvgIpc) is 2.37. The molecule has 0 aliphatic carbocycles. The van der Waals surface area contributed by atoms with E-state index in [9.17, 15) is 22.0 Å². The van der Waals surface area contributed by atoms with Gasteiger partial charge in [-0.15, -0.1) is 0 Å². The van der Waals surface area contributed by atoms with Crippen molar-refractivity contribution >= 4 is 0 Å². The second-order valence-electron chi connectivity index (χ2n) is 4.03. The Labute approximate surface area is 111 Å². The Morgan fingerprint density at radius 3 is 2.05 bits per heavy atom. The lowest BCUT2D eigenvalue weighted by atomic mass is 9.97. The number of nitrogens with two attached hydrogens (primary N) is 1. The van der Waals surface area contributed by atoms with Crippen LogP contribution in [0.15, 0.2) is 30.3 Å². The fraction of sp³-hybridized carbons (Fsp3) is 0.0769. The maximum Gasteiger partial charge on any atom is 0.163 e. The van der Waals surface area contributed by atoms with Crippen molar-refractivity contribution < 1.29 is 22.0 Å². The third kappa shape index (κ3) is 2.50. The summed E-state index contributed by atoms with van der Waals surface area (Å²) in [5.74, 6) is -0.953. The minimum atomic E-state index is -1.49. The summed E-state index contributed by atoms with van der Waals surface area (Å²) in [7, 11) is 0. The van der Waals surface area contributed by atoms with Crippen molar-refractivity contribution in [1.82, 2.24) is 5.43 Å². The predicted octanol–water partition coefficient (Wildman–Crippen LogP) is 2.93. The molecule has 0 saturated carbocycles. The molecule has 0 aromatic heterocycles. The van der Waals surface area contributed by atoms with Gasteiger partial charge in [-0.25, -0.2) is 27.4 Å². The molecule has 2 rings (SSSR count). The maximum atomic E-state index is 13.7. The number of nitrogens with one attached hydrogen (secondary N) is 1. The van der Waals surface area contributed by atoms with Gasteiger partial charge in [0.25, 0.3) is 0 Å². The van der Waals surface area contributed by atoms with E-state index in [1.807, 2.05) is 5.43 Å². The monoisotopic (exact) mass is 288 g/mol. The normalized spacial score (nSPS) is 12.5. The molecule has 0 bridgehead atoms. The Morgan fingerprint density at radius 1 is 0.900 bits per heavy atom. The molecule has 0 radical (unpaired) electrons. The highest BCUT2D eigenvalue weighted by Crippen LogP contribution is 2.29. The minimum Gasteiger partial charge on any atom is -0.271 e. The van der Waals surface area contributed by atoms with E-state index in [0.29, 0.717) is 12.1 Å². The van der Waals surface area contributed by atoms with E-state index in [1.54, 1.807) is 0 Å². The number of rotatable bonds is 3. The van der Waals surface area contributed by atoms with Crippen LogP contribution in [-0.2, 0) is 0 Å². The number of hydrogen-bond acceptors (Lipinski definition) is 2. The fourth-order valence-corrected chi connectivity index (χ4v) is 1.90. The van der Waals surface area contributed by atoms with Crippen LogP contribution in [0.3, 0.4) is 0 Å². The molecule has 2 nitrogen and oxygen atoms in total. The molecular formula is C13H9F5N2. The van der Waals surface area contributed by atoms with Gasteiger partial charge in [-0.1, -0.05) is 12.1 Å². The molecule has 0 amide bonds. The van der Waals surface area contributed by atoms with Gasteiger partial charge in [-0.3, -0.25) is 5.84 Å². The summed E-state index contributed by atoms with van der Waals surface area (Å²) in [6.07, 6.45) is 0. The van der Waals surface area contributed by atoms with Crippen LogP contribution in [-0.4, -0.2) is 0 Å². The van der Waals surface area contributed by atoms with E-state index in [1.165, 1.54) is 0 Å². The standard InChI is InChI=1S/C13H9F5N2/c14-6-4-9(16)11(10(17)5-6)13(20-19)7-2-1-3-8(15)12(7)18/h1-5,13,20H,19H2. The van der Waals surface area contributed by atoms with Gasteiger partial charge in [-0.05, 0) is 6.07 Å². The Bertz CT molecular complexity index is 622. The van der Waals surface area contributed by atoms with Crippen molar-refractivity contribution in [2.45, 2.75) is 6.04 Å². The van der Waals surface area contributed by atoms with Crippen LogP contribution in [0.5, 0.6) is 0 Å².